The Morgan fingerprint density at radius 1 is 0.931 bits per heavy atom. The summed E-state index contributed by atoms with van der Waals surface area (Å²) in [7, 11) is 0. The molecule has 2 aliphatic rings. The molecule has 0 unspecified atom stereocenters. The number of hydrogen-bond donors (Lipinski definition) is 1. The molecule has 1 atom stereocenters. The smallest absolute Gasteiger partial charge is 0.229 e. The molecule has 0 saturated carbocycles. The van der Waals surface area contributed by atoms with E-state index in [1.54, 1.807) is 0 Å². The molecular weight excluding hydrogens is 362 g/mol. The summed E-state index contributed by atoms with van der Waals surface area (Å²) in [5.74, 6) is -0.0376. The zero-order chi connectivity index (χ0) is 20.1. The number of carbonyl (C=O) groups is 2. The largest absolute Gasteiger partial charge is 0.371 e. The van der Waals surface area contributed by atoms with Crippen LogP contribution in [0.5, 0.6) is 0 Å². The highest BCUT2D eigenvalue weighted by molar-refractivity contribution is 5.93. The van der Waals surface area contributed by atoms with E-state index in [1.165, 1.54) is 18.5 Å². The van der Waals surface area contributed by atoms with Crippen molar-refractivity contribution in [1.82, 2.24) is 4.90 Å². The molecule has 0 radical (unpaired) electrons. The first-order chi connectivity index (χ1) is 14.2. The van der Waals surface area contributed by atoms with Crippen LogP contribution in [0, 0.1) is 5.92 Å². The van der Waals surface area contributed by atoms with Crippen LogP contribution >= 0.6 is 0 Å². The summed E-state index contributed by atoms with van der Waals surface area (Å²) < 4.78 is 0. The molecule has 4 rings (SSSR count). The van der Waals surface area contributed by atoms with Crippen LogP contribution in [0.4, 0.5) is 11.4 Å². The fraction of sp³-hybridized carbons (Fsp3) is 0.417. The number of anilines is 2. The summed E-state index contributed by atoms with van der Waals surface area (Å²) in [6.07, 6.45) is 4.54. The van der Waals surface area contributed by atoms with Gasteiger partial charge in [0.2, 0.25) is 11.8 Å². The maximum absolute atomic E-state index is 12.9. The van der Waals surface area contributed by atoms with E-state index < -0.39 is 0 Å². The van der Waals surface area contributed by atoms with E-state index in [1.807, 2.05) is 47.4 Å². The number of rotatable bonds is 5. The molecular formula is C24H29N3O2. The Morgan fingerprint density at radius 2 is 1.72 bits per heavy atom. The normalized spacial score (nSPS) is 19.2. The number of carbonyl (C=O) groups excluding carboxylic acids is 2. The van der Waals surface area contributed by atoms with Gasteiger partial charge in [-0.05, 0) is 49.4 Å². The van der Waals surface area contributed by atoms with Gasteiger partial charge < -0.3 is 15.1 Å². The van der Waals surface area contributed by atoms with Gasteiger partial charge in [0.05, 0.1) is 12.3 Å². The Morgan fingerprint density at radius 3 is 2.52 bits per heavy atom. The number of piperidine rings is 1. The second-order valence-electron chi connectivity index (χ2n) is 8.08. The van der Waals surface area contributed by atoms with E-state index in [9.17, 15) is 9.59 Å². The number of benzene rings is 2. The van der Waals surface area contributed by atoms with Crippen molar-refractivity contribution in [1.29, 1.82) is 0 Å². The number of hydrogen-bond acceptors (Lipinski definition) is 3. The average molecular weight is 392 g/mol. The van der Waals surface area contributed by atoms with E-state index in [-0.39, 0.29) is 17.7 Å². The van der Waals surface area contributed by atoms with Crippen LogP contribution < -0.4 is 10.2 Å². The van der Waals surface area contributed by atoms with Crippen LogP contribution in [-0.2, 0) is 16.0 Å². The van der Waals surface area contributed by atoms with Gasteiger partial charge >= 0.3 is 0 Å². The van der Waals surface area contributed by atoms with E-state index in [0.29, 0.717) is 13.0 Å². The third kappa shape index (κ3) is 4.97. The minimum atomic E-state index is -0.154. The van der Waals surface area contributed by atoms with E-state index in [4.69, 9.17) is 0 Å². The summed E-state index contributed by atoms with van der Waals surface area (Å²) in [6, 6.07) is 17.9. The molecule has 2 fully saturated rings. The fourth-order valence-corrected chi connectivity index (χ4v) is 4.30. The predicted octanol–water partition coefficient (Wildman–Crippen LogP) is 3.71. The van der Waals surface area contributed by atoms with Crippen LogP contribution in [0.2, 0.25) is 0 Å². The lowest BCUT2D eigenvalue weighted by Crippen LogP contribution is -2.44. The standard InChI is InChI=1S/C24H29N3O2/c28-23(16-19-8-2-1-3-9-19)27-15-7-10-20(18-27)24(29)25-21-11-6-12-22(17-21)26-13-4-5-14-26/h1-3,6,8-9,11-12,17,20H,4-5,7,10,13-16,18H2,(H,25,29)/t20-/m0/s1. The van der Waals surface area contributed by atoms with Crippen molar-refractivity contribution >= 4 is 23.2 Å². The molecule has 1 N–H and O–H groups in total. The number of likely N-dealkylation sites (tertiary alicyclic amines) is 1. The lowest BCUT2D eigenvalue weighted by molar-refractivity contribution is -0.133. The van der Waals surface area contributed by atoms with Crippen LogP contribution in [0.3, 0.4) is 0 Å². The second kappa shape index (κ2) is 9.12. The van der Waals surface area contributed by atoms with Crippen molar-refractivity contribution in [2.75, 3.05) is 36.4 Å². The van der Waals surface area contributed by atoms with Crippen LogP contribution in [0.1, 0.15) is 31.2 Å². The number of amides is 2. The molecule has 0 spiro atoms. The summed E-state index contributed by atoms with van der Waals surface area (Å²) in [5, 5.41) is 3.08. The molecule has 29 heavy (non-hydrogen) atoms. The highest BCUT2D eigenvalue weighted by Gasteiger charge is 2.28. The highest BCUT2D eigenvalue weighted by Crippen LogP contribution is 2.25. The van der Waals surface area contributed by atoms with E-state index in [2.05, 4.69) is 22.3 Å². The lowest BCUT2D eigenvalue weighted by Gasteiger charge is -2.32. The van der Waals surface area contributed by atoms with E-state index >= 15 is 0 Å². The zero-order valence-corrected chi connectivity index (χ0v) is 16.8. The van der Waals surface area contributed by atoms with Crippen LogP contribution in [-0.4, -0.2) is 42.9 Å². The van der Waals surface area contributed by atoms with Gasteiger partial charge in [0.25, 0.3) is 0 Å². The van der Waals surface area contributed by atoms with Crippen molar-refractivity contribution in [3.8, 4) is 0 Å². The average Bonchev–Trinajstić information content (AvgIpc) is 3.30. The molecule has 2 aromatic rings. The van der Waals surface area contributed by atoms with Crippen LogP contribution in [0.25, 0.3) is 0 Å². The Hall–Kier alpha value is -2.82. The second-order valence-corrected chi connectivity index (χ2v) is 8.08. The lowest BCUT2D eigenvalue weighted by atomic mass is 9.96. The van der Waals surface area contributed by atoms with E-state index in [0.717, 1.165) is 43.7 Å². The number of nitrogens with one attached hydrogen (secondary N) is 1. The first-order valence-corrected chi connectivity index (χ1v) is 10.7. The van der Waals surface area contributed by atoms with Gasteiger partial charge in [0.15, 0.2) is 0 Å². The van der Waals surface area contributed by atoms with Gasteiger partial charge in [-0.25, -0.2) is 0 Å². The number of nitrogens with zero attached hydrogens (tertiary/aromatic N) is 2. The van der Waals surface area contributed by atoms with Crippen molar-refractivity contribution in [3.63, 3.8) is 0 Å². The first-order valence-electron chi connectivity index (χ1n) is 10.7. The minimum absolute atomic E-state index is 0.0146. The quantitative estimate of drug-likeness (QED) is 0.845. The monoisotopic (exact) mass is 391 g/mol. The third-order valence-electron chi connectivity index (χ3n) is 5.93. The van der Waals surface area contributed by atoms with Gasteiger partial charge in [0, 0.05) is 37.6 Å². The molecule has 0 aromatic heterocycles. The van der Waals surface area contributed by atoms with Gasteiger partial charge in [-0.15, -0.1) is 0 Å². The van der Waals surface area contributed by atoms with Gasteiger partial charge in [-0.2, -0.15) is 0 Å². The molecule has 0 aliphatic carbocycles. The van der Waals surface area contributed by atoms with Crippen molar-refractivity contribution in [2.24, 2.45) is 5.92 Å². The van der Waals surface area contributed by atoms with Crippen molar-refractivity contribution in [3.05, 3.63) is 60.2 Å². The molecule has 152 valence electrons. The Kier molecular flexibility index (Phi) is 6.13. The zero-order valence-electron chi connectivity index (χ0n) is 16.8. The molecule has 2 aromatic carbocycles. The maximum Gasteiger partial charge on any atom is 0.229 e. The predicted molar refractivity (Wildman–Crippen MR) is 116 cm³/mol. The summed E-state index contributed by atoms with van der Waals surface area (Å²) in [6.45, 7) is 3.40. The van der Waals surface area contributed by atoms with Gasteiger partial charge in [0.1, 0.15) is 0 Å². The molecule has 2 saturated heterocycles. The fourth-order valence-electron chi connectivity index (χ4n) is 4.30. The summed E-state index contributed by atoms with van der Waals surface area (Å²) >= 11 is 0. The Balaban J connectivity index is 1.35. The maximum atomic E-state index is 12.9. The minimum Gasteiger partial charge on any atom is -0.371 e. The topological polar surface area (TPSA) is 52.7 Å². The third-order valence-corrected chi connectivity index (χ3v) is 5.93. The summed E-state index contributed by atoms with van der Waals surface area (Å²) in [5.41, 5.74) is 3.03. The Labute approximate surface area is 172 Å². The van der Waals surface area contributed by atoms with Gasteiger partial charge in [-0.3, -0.25) is 9.59 Å². The summed E-state index contributed by atoms with van der Waals surface area (Å²) in [4.78, 5) is 29.7. The van der Waals surface area contributed by atoms with Crippen molar-refractivity contribution < 1.29 is 9.59 Å². The first kappa shape index (κ1) is 19.5. The highest BCUT2D eigenvalue weighted by atomic mass is 16.2. The molecule has 2 amide bonds. The molecule has 5 nitrogen and oxygen atoms in total. The molecule has 0 bridgehead atoms. The van der Waals surface area contributed by atoms with Crippen LogP contribution in [0.15, 0.2) is 54.6 Å². The SMILES string of the molecule is O=C(Nc1cccc(N2CCCC2)c1)[C@H]1CCCN(C(=O)Cc2ccccc2)C1. The van der Waals surface area contributed by atoms with Crippen molar-refractivity contribution in [2.45, 2.75) is 32.1 Å². The Bertz CT molecular complexity index is 846. The van der Waals surface area contributed by atoms with Gasteiger partial charge in [-0.1, -0.05) is 36.4 Å². The molecule has 5 heteroatoms. The molecule has 2 heterocycles. The molecule has 2 aliphatic heterocycles.